The molecule has 18 heteroatoms. The molecule has 5 heterocycles. The fourth-order valence-corrected chi connectivity index (χ4v) is 7.36. The van der Waals surface area contributed by atoms with Crippen LogP contribution in [0.5, 0.6) is 11.5 Å². The fourth-order valence-electron chi connectivity index (χ4n) is 6.04. The van der Waals surface area contributed by atoms with Crippen molar-refractivity contribution in [3.05, 3.63) is 42.1 Å². The Morgan fingerprint density at radius 1 is 0.964 bits per heavy atom. The van der Waals surface area contributed by atoms with Gasteiger partial charge < -0.3 is 34.1 Å². The summed E-state index contributed by atoms with van der Waals surface area (Å²) in [6.45, 7) is 19.7. The summed E-state index contributed by atoms with van der Waals surface area (Å²) in [7, 11) is -3.81. The van der Waals surface area contributed by atoms with Crippen LogP contribution in [0.15, 0.2) is 35.7 Å². The summed E-state index contributed by atoms with van der Waals surface area (Å²) >= 11 is 0. The Kier molecular flexibility index (Phi) is 11.7. The zero-order valence-corrected chi connectivity index (χ0v) is 33.7. The number of amides is 1. The highest BCUT2D eigenvalue weighted by atomic mass is 32.2. The molecule has 0 aliphatic carbocycles. The van der Waals surface area contributed by atoms with Gasteiger partial charge in [0, 0.05) is 62.0 Å². The normalized spacial score (nSPS) is 17.3. The molecule has 17 nitrogen and oxygen atoms in total. The first kappa shape index (κ1) is 39.9. The molecule has 0 spiro atoms. The second-order valence-electron chi connectivity index (χ2n) is 15.7. The van der Waals surface area contributed by atoms with Crippen LogP contribution < -0.4 is 19.7 Å². The lowest BCUT2D eigenvalue weighted by Gasteiger charge is -2.34. The first-order valence-corrected chi connectivity index (χ1v) is 19.9. The summed E-state index contributed by atoms with van der Waals surface area (Å²) in [6.07, 6.45) is 4.07. The average Bonchev–Trinajstić information content (AvgIpc) is 3.45. The third-order valence-electron chi connectivity index (χ3n) is 9.45. The van der Waals surface area contributed by atoms with Crippen molar-refractivity contribution < 1.29 is 32.2 Å². The van der Waals surface area contributed by atoms with Crippen LogP contribution in [0.4, 0.5) is 22.4 Å². The van der Waals surface area contributed by atoms with Gasteiger partial charge in [0.2, 0.25) is 5.95 Å². The van der Waals surface area contributed by atoms with Crippen LogP contribution in [-0.4, -0.2) is 137 Å². The minimum atomic E-state index is -3.81. The molecule has 0 saturated carbocycles. The van der Waals surface area contributed by atoms with Gasteiger partial charge in [0.15, 0.2) is 21.4 Å². The van der Waals surface area contributed by atoms with Crippen molar-refractivity contribution in [3.63, 3.8) is 0 Å². The zero-order valence-electron chi connectivity index (χ0n) is 32.9. The molecular formula is C37H52N10O7S. The zero-order chi connectivity index (χ0) is 39.5. The van der Waals surface area contributed by atoms with Gasteiger partial charge in [-0.1, -0.05) is 0 Å². The van der Waals surface area contributed by atoms with Gasteiger partial charge >= 0.3 is 6.09 Å². The lowest BCUT2D eigenvalue weighted by atomic mass is 10.2. The molecule has 298 valence electrons. The number of aryl methyl sites for hydroxylation is 1. The van der Waals surface area contributed by atoms with Crippen molar-refractivity contribution in [1.29, 1.82) is 0 Å². The fraction of sp³-hybridized carbons (Fsp3) is 0.568. The smallest absolute Gasteiger partial charge is 0.410 e. The van der Waals surface area contributed by atoms with Gasteiger partial charge in [-0.2, -0.15) is 5.10 Å². The van der Waals surface area contributed by atoms with E-state index in [1.165, 1.54) is 6.33 Å². The summed E-state index contributed by atoms with van der Waals surface area (Å²) in [6, 6.07) is 3.27. The number of benzene rings is 1. The van der Waals surface area contributed by atoms with Gasteiger partial charge in [0.25, 0.3) is 0 Å². The third-order valence-corrected chi connectivity index (χ3v) is 12.0. The van der Waals surface area contributed by atoms with Crippen molar-refractivity contribution in [1.82, 2.24) is 39.9 Å². The van der Waals surface area contributed by atoms with Gasteiger partial charge in [-0.25, -0.2) is 33.1 Å². The highest BCUT2D eigenvalue weighted by molar-refractivity contribution is 7.92. The van der Waals surface area contributed by atoms with Crippen LogP contribution in [0.1, 0.15) is 52.8 Å². The highest BCUT2D eigenvalue weighted by Gasteiger charge is 2.35. The number of morpholine rings is 1. The van der Waals surface area contributed by atoms with Crippen LogP contribution in [-0.2, 0) is 19.3 Å². The minimum Gasteiger partial charge on any atom is -0.491 e. The SMILES string of the molecule is Cc1[nH]nc(Nc2ncnc3cc(OCCN4CCN(c5ncc(OC[C@H]6CN(C(=O)OC(C)(C)C)CCO6)cn5)CC4)c(S(=O)(=O)C(C)(C)C)cc23)c1C. The Bertz CT molecular complexity index is 2070. The van der Waals surface area contributed by atoms with Crippen LogP contribution in [0.2, 0.25) is 0 Å². The number of carbonyl (C=O) groups is 1. The number of sulfone groups is 1. The number of piperazine rings is 1. The monoisotopic (exact) mass is 780 g/mol. The number of aromatic amines is 1. The van der Waals surface area contributed by atoms with E-state index in [4.69, 9.17) is 18.9 Å². The number of ether oxygens (including phenoxy) is 4. The number of anilines is 3. The molecule has 4 aromatic rings. The number of H-pyrrole nitrogens is 1. The molecule has 2 aliphatic rings. The van der Waals surface area contributed by atoms with E-state index in [1.54, 1.807) is 50.2 Å². The lowest BCUT2D eigenvalue weighted by Crippen LogP contribution is -2.49. The van der Waals surface area contributed by atoms with Crippen LogP contribution in [0.25, 0.3) is 10.9 Å². The molecule has 1 amide bonds. The molecule has 0 radical (unpaired) electrons. The maximum absolute atomic E-state index is 13.9. The summed E-state index contributed by atoms with van der Waals surface area (Å²) in [5.41, 5.74) is 1.83. The van der Waals surface area contributed by atoms with Crippen molar-refractivity contribution in [2.24, 2.45) is 0 Å². The van der Waals surface area contributed by atoms with E-state index in [9.17, 15) is 13.2 Å². The van der Waals surface area contributed by atoms with Gasteiger partial charge in [-0.15, -0.1) is 0 Å². The number of hydrogen-bond donors (Lipinski definition) is 2. The van der Waals surface area contributed by atoms with Crippen molar-refractivity contribution >= 4 is 44.4 Å². The van der Waals surface area contributed by atoms with E-state index in [-0.39, 0.29) is 36.1 Å². The van der Waals surface area contributed by atoms with Crippen LogP contribution in [0, 0.1) is 13.8 Å². The third kappa shape index (κ3) is 9.53. The first-order valence-electron chi connectivity index (χ1n) is 18.4. The Morgan fingerprint density at radius 2 is 1.69 bits per heavy atom. The van der Waals surface area contributed by atoms with Crippen molar-refractivity contribution in [2.75, 3.05) is 75.9 Å². The molecule has 55 heavy (non-hydrogen) atoms. The van der Waals surface area contributed by atoms with Gasteiger partial charge in [-0.05, 0) is 61.5 Å². The summed E-state index contributed by atoms with van der Waals surface area (Å²) in [4.78, 5) is 36.5. The van der Waals surface area contributed by atoms with Gasteiger partial charge in [0.05, 0.1) is 35.8 Å². The highest BCUT2D eigenvalue weighted by Crippen LogP contribution is 2.37. The molecule has 3 aromatic heterocycles. The Hall–Kier alpha value is -4.81. The quantitative estimate of drug-likeness (QED) is 0.219. The van der Waals surface area contributed by atoms with Crippen molar-refractivity contribution in [2.45, 2.75) is 76.7 Å². The number of nitrogens with one attached hydrogen (secondary N) is 2. The largest absolute Gasteiger partial charge is 0.491 e. The van der Waals surface area contributed by atoms with Gasteiger partial charge in [-0.3, -0.25) is 10.00 Å². The maximum atomic E-state index is 13.9. The Labute approximate surface area is 322 Å². The maximum Gasteiger partial charge on any atom is 0.410 e. The van der Waals surface area contributed by atoms with E-state index in [0.29, 0.717) is 73.6 Å². The number of fused-ring (bicyclic) bond motifs is 1. The number of rotatable bonds is 11. The van der Waals surface area contributed by atoms with Crippen molar-refractivity contribution in [3.8, 4) is 11.5 Å². The number of nitrogens with zero attached hydrogens (tertiary/aromatic N) is 8. The number of carbonyl (C=O) groups excluding carboxylic acids is 1. The van der Waals surface area contributed by atoms with Crippen LogP contribution >= 0.6 is 0 Å². The van der Waals surface area contributed by atoms with E-state index < -0.39 is 20.2 Å². The lowest BCUT2D eigenvalue weighted by molar-refractivity contribution is -0.0557. The first-order chi connectivity index (χ1) is 26.0. The molecule has 2 saturated heterocycles. The Morgan fingerprint density at radius 3 is 2.35 bits per heavy atom. The molecule has 0 bridgehead atoms. The molecule has 2 fully saturated rings. The molecule has 2 aliphatic heterocycles. The molecule has 2 N–H and O–H groups in total. The molecule has 0 unspecified atom stereocenters. The number of aromatic nitrogens is 6. The minimum absolute atomic E-state index is 0.0868. The molecule has 1 aromatic carbocycles. The standard InChI is InChI=1S/C37H52N10O7S/c1-24-25(2)43-44-32(24)42-33-28-17-31(55(49,50)37(6,7)8)30(18-29(28)40-23-41-33)52-15-13-45-9-11-46(12-10-45)34-38-19-26(20-39-34)53-22-27-21-47(14-16-51-27)35(48)54-36(3,4)5/h17-20,23,27H,9-16,21-22H2,1-8H3,(H2,40,41,42,43,44)/t27-/m1/s1. The topological polar surface area (TPSA) is 190 Å². The predicted octanol–water partition coefficient (Wildman–Crippen LogP) is 4.29. The van der Waals surface area contributed by atoms with E-state index in [0.717, 1.165) is 24.3 Å². The summed E-state index contributed by atoms with van der Waals surface area (Å²) in [5, 5.41) is 11.0. The summed E-state index contributed by atoms with van der Waals surface area (Å²) in [5.74, 6) is 2.43. The number of hydrogen-bond acceptors (Lipinski definition) is 15. The van der Waals surface area contributed by atoms with E-state index in [1.807, 2.05) is 34.6 Å². The molecular weight excluding hydrogens is 729 g/mol. The van der Waals surface area contributed by atoms with Gasteiger partial charge in [0.1, 0.15) is 47.7 Å². The molecule has 6 rings (SSSR count). The average molecular weight is 781 g/mol. The Balaban J connectivity index is 1.03. The van der Waals surface area contributed by atoms with E-state index >= 15 is 0 Å². The second kappa shape index (κ2) is 16.1. The van der Waals surface area contributed by atoms with E-state index in [2.05, 4.69) is 45.2 Å². The summed E-state index contributed by atoms with van der Waals surface area (Å²) < 4.78 is 50.1. The molecule has 1 atom stereocenters. The van der Waals surface area contributed by atoms with Crippen LogP contribution in [0.3, 0.4) is 0 Å². The second-order valence-corrected chi connectivity index (χ2v) is 18.4. The predicted molar refractivity (Wildman–Crippen MR) is 207 cm³/mol.